The van der Waals surface area contributed by atoms with Crippen LogP contribution in [0.1, 0.15) is 42.3 Å². The highest BCUT2D eigenvalue weighted by atomic mass is 16.5. The van der Waals surface area contributed by atoms with Gasteiger partial charge in [-0.2, -0.15) is 0 Å². The summed E-state index contributed by atoms with van der Waals surface area (Å²) in [5.41, 5.74) is 1.37. The Morgan fingerprint density at radius 3 is 2.41 bits per heavy atom. The lowest BCUT2D eigenvalue weighted by Crippen LogP contribution is -2.44. The van der Waals surface area contributed by atoms with Crippen molar-refractivity contribution in [2.75, 3.05) is 60.7 Å². The number of benzene rings is 2. The molecule has 1 fully saturated rings. The van der Waals surface area contributed by atoms with E-state index in [1.165, 1.54) is 0 Å². The highest BCUT2D eigenvalue weighted by Gasteiger charge is 2.32. The van der Waals surface area contributed by atoms with Crippen molar-refractivity contribution in [3.63, 3.8) is 0 Å². The van der Waals surface area contributed by atoms with Gasteiger partial charge in [0.15, 0.2) is 17.6 Å². The number of amides is 2. The van der Waals surface area contributed by atoms with Crippen LogP contribution >= 0.6 is 0 Å². The van der Waals surface area contributed by atoms with Crippen LogP contribution in [-0.2, 0) is 14.3 Å². The fourth-order valence-electron chi connectivity index (χ4n) is 4.84. The zero-order valence-electron chi connectivity index (χ0n) is 23.8. The van der Waals surface area contributed by atoms with Crippen LogP contribution in [0.3, 0.4) is 0 Å². The topological polar surface area (TPSA) is 98.4 Å². The van der Waals surface area contributed by atoms with E-state index in [4.69, 9.17) is 18.9 Å². The maximum Gasteiger partial charge on any atom is 0.254 e. The Morgan fingerprint density at radius 2 is 1.74 bits per heavy atom. The van der Waals surface area contributed by atoms with Crippen LogP contribution in [0, 0.1) is 11.8 Å². The Hall–Kier alpha value is -3.14. The average molecular weight is 542 g/mol. The molecule has 1 saturated heterocycles. The predicted molar refractivity (Wildman–Crippen MR) is 150 cm³/mol. The van der Waals surface area contributed by atoms with Crippen LogP contribution in [0.25, 0.3) is 0 Å². The molecule has 0 aromatic heterocycles. The molecule has 0 spiro atoms. The fraction of sp³-hybridized carbons (Fsp3) is 0.533. The molecule has 0 radical (unpaired) electrons. The first-order valence-corrected chi connectivity index (χ1v) is 13.6. The van der Waals surface area contributed by atoms with Crippen molar-refractivity contribution in [1.29, 1.82) is 0 Å². The summed E-state index contributed by atoms with van der Waals surface area (Å²) < 4.78 is 21.9. The van der Waals surface area contributed by atoms with Crippen molar-refractivity contribution in [3.05, 3.63) is 59.7 Å². The van der Waals surface area contributed by atoms with Gasteiger partial charge in [-0.15, -0.1) is 0 Å². The molecule has 2 aromatic rings. The van der Waals surface area contributed by atoms with Gasteiger partial charge in [0.1, 0.15) is 0 Å². The van der Waals surface area contributed by atoms with Crippen molar-refractivity contribution in [1.82, 2.24) is 15.5 Å². The minimum absolute atomic E-state index is 0.00235. The van der Waals surface area contributed by atoms with E-state index in [-0.39, 0.29) is 29.7 Å². The standard InChI is InChI=1S/C30H43N3O6/c1-21(2)33(30(35)23-12-13-26(37-4)27(16-23)39-15-9-14-36-3)20-25-18-31-17-24(25)19-32-29(34)28(38-5)22-10-7-6-8-11-22/h6-8,10-13,16,21,24-25,28,31H,9,14-15,17-20H2,1-5H3,(H,32,34)/t24-,25-,28-/m0/s1. The van der Waals surface area contributed by atoms with Crippen LogP contribution in [0.5, 0.6) is 11.5 Å². The van der Waals surface area contributed by atoms with Gasteiger partial charge in [0, 0.05) is 65.0 Å². The zero-order valence-corrected chi connectivity index (χ0v) is 23.8. The van der Waals surface area contributed by atoms with Crippen molar-refractivity contribution in [2.45, 2.75) is 32.4 Å². The summed E-state index contributed by atoms with van der Waals surface area (Å²) >= 11 is 0. The molecule has 3 atom stereocenters. The van der Waals surface area contributed by atoms with E-state index in [2.05, 4.69) is 10.6 Å². The highest BCUT2D eigenvalue weighted by molar-refractivity contribution is 5.95. The second-order valence-corrected chi connectivity index (χ2v) is 10.1. The largest absolute Gasteiger partial charge is 0.493 e. The summed E-state index contributed by atoms with van der Waals surface area (Å²) in [5.74, 6) is 1.28. The third kappa shape index (κ3) is 8.42. The number of nitrogens with one attached hydrogen (secondary N) is 2. The molecule has 214 valence electrons. The molecule has 1 heterocycles. The highest BCUT2D eigenvalue weighted by Crippen LogP contribution is 2.30. The SMILES string of the molecule is COCCCOc1cc(C(=O)N(C[C@@H]2CNC[C@H]2CNC(=O)[C@@H](OC)c2ccccc2)C(C)C)ccc1OC. The van der Waals surface area contributed by atoms with Crippen LogP contribution in [0.15, 0.2) is 48.5 Å². The second kappa shape index (κ2) is 15.5. The molecular weight excluding hydrogens is 498 g/mol. The third-order valence-corrected chi connectivity index (χ3v) is 7.07. The van der Waals surface area contributed by atoms with Gasteiger partial charge in [-0.1, -0.05) is 30.3 Å². The van der Waals surface area contributed by atoms with Gasteiger partial charge in [0.2, 0.25) is 0 Å². The molecule has 0 unspecified atom stereocenters. The summed E-state index contributed by atoms with van der Waals surface area (Å²) in [6.07, 6.45) is 0.0766. The Labute approximate surface area is 232 Å². The minimum Gasteiger partial charge on any atom is -0.493 e. The second-order valence-electron chi connectivity index (χ2n) is 10.1. The molecule has 2 N–H and O–H groups in total. The van der Waals surface area contributed by atoms with E-state index in [9.17, 15) is 9.59 Å². The first kappa shape index (κ1) is 30.4. The van der Waals surface area contributed by atoms with Crippen LogP contribution in [0.2, 0.25) is 0 Å². The minimum atomic E-state index is -0.659. The molecule has 0 bridgehead atoms. The Bertz CT molecular complexity index is 1050. The summed E-state index contributed by atoms with van der Waals surface area (Å²) in [5, 5.41) is 6.50. The summed E-state index contributed by atoms with van der Waals surface area (Å²) in [7, 11) is 4.78. The average Bonchev–Trinajstić information content (AvgIpc) is 3.40. The quantitative estimate of drug-likeness (QED) is 0.334. The molecule has 0 saturated carbocycles. The van der Waals surface area contributed by atoms with Gasteiger partial charge in [-0.3, -0.25) is 9.59 Å². The van der Waals surface area contributed by atoms with Crippen LogP contribution in [-0.4, -0.2) is 83.5 Å². The molecule has 1 aliphatic rings. The van der Waals surface area contributed by atoms with Crippen molar-refractivity contribution in [3.8, 4) is 11.5 Å². The number of carbonyl (C=O) groups excluding carboxylic acids is 2. The van der Waals surface area contributed by atoms with E-state index in [0.29, 0.717) is 43.4 Å². The lowest BCUT2D eigenvalue weighted by molar-refractivity contribution is -0.131. The van der Waals surface area contributed by atoms with Gasteiger partial charge in [-0.05, 0) is 49.4 Å². The first-order valence-electron chi connectivity index (χ1n) is 13.6. The maximum absolute atomic E-state index is 13.7. The lowest BCUT2D eigenvalue weighted by Gasteiger charge is -2.32. The molecule has 9 nitrogen and oxygen atoms in total. The molecule has 3 rings (SSSR count). The van der Waals surface area contributed by atoms with Gasteiger partial charge >= 0.3 is 0 Å². The summed E-state index contributed by atoms with van der Waals surface area (Å²) in [6, 6.07) is 14.8. The zero-order chi connectivity index (χ0) is 28.2. The molecule has 1 aliphatic heterocycles. The normalized spacial score (nSPS) is 17.6. The Balaban J connectivity index is 1.65. The smallest absolute Gasteiger partial charge is 0.254 e. The van der Waals surface area contributed by atoms with E-state index >= 15 is 0 Å². The van der Waals surface area contributed by atoms with Gasteiger partial charge in [0.25, 0.3) is 11.8 Å². The van der Waals surface area contributed by atoms with Crippen LogP contribution < -0.4 is 20.1 Å². The van der Waals surface area contributed by atoms with Gasteiger partial charge in [-0.25, -0.2) is 0 Å². The molecule has 0 aliphatic carbocycles. The third-order valence-electron chi connectivity index (χ3n) is 7.07. The fourth-order valence-corrected chi connectivity index (χ4v) is 4.84. The first-order chi connectivity index (χ1) is 18.9. The number of rotatable bonds is 15. The molecule has 2 aromatic carbocycles. The van der Waals surface area contributed by atoms with Gasteiger partial charge < -0.3 is 34.5 Å². The van der Waals surface area contributed by atoms with Crippen molar-refractivity contribution < 1.29 is 28.5 Å². The summed E-state index contributed by atoms with van der Waals surface area (Å²) in [6.45, 7) is 7.73. The number of hydrogen-bond acceptors (Lipinski definition) is 7. The number of ether oxygens (including phenoxy) is 4. The van der Waals surface area contributed by atoms with E-state index in [0.717, 1.165) is 25.1 Å². The van der Waals surface area contributed by atoms with E-state index in [1.54, 1.807) is 39.5 Å². The molecule has 39 heavy (non-hydrogen) atoms. The number of methoxy groups -OCH3 is 3. The van der Waals surface area contributed by atoms with Crippen molar-refractivity contribution in [2.24, 2.45) is 11.8 Å². The lowest BCUT2D eigenvalue weighted by atomic mass is 9.94. The number of nitrogens with zero attached hydrogens (tertiary/aromatic N) is 1. The summed E-state index contributed by atoms with van der Waals surface area (Å²) in [4.78, 5) is 28.5. The Morgan fingerprint density at radius 1 is 1.00 bits per heavy atom. The monoisotopic (exact) mass is 541 g/mol. The molecule has 2 amide bonds. The van der Waals surface area contributed by atoms with Crippen LogP contribution in [0.4, 0.5) is 0 Å². The maximum atomic E-state index is 13.7. The van der Waals surface area contributed by atoms with E-state index < -0.39 is 6.10 Å². The van der Waals surface area contributed by atoms with Crippen molar-refractivity contribution >= 4 is 11.8 Å². The number of hydrogen-bond donors (Lipinski definition) is 2. The van der Waals surface area contributed by atoms with Gasteiger partial charge in [0.05, 0.1) is 13.7 Å². The predicted octanol–water partition coefficient (Wildman–Crippen LogP) is 3.30. The number of carbonyl (C=O) groups is 2. The molecule has 9 heteroatoms. The Kier molecular flexibility index (Phi) is 12.0. The molecular formula is C30H43N3O6. The van der Waals surface area contributed by atoms with E-state index in [1.807, 2.05) is 49.1 Å².